The van der Waals surface area contributed by atoms with Crippen LogP contribution < -0.4 is 20.3 Å². The first kappa shape index (κ1) is 17.9. The second-order valence-corrected chi connectivity index (χ2v) is 8.59. The predicted octanol–water partition coefficient (Wildman–Crippen LogP) is 4.84. The minimum Gasteiger partial charge on any atom is -0.551 e. The first-order chi connectivity index (χ1) is 16.9. The van der Waals surface area contributed by atoms with E-state index in [-0.39, 0.29) is 6.92 Å². The molecule has 0 amide bonds. The number of ether oxygens (including phenoxy) is 1. The van der Waals surface area contributed by atoms with Crippen molar-refractivity contribution in [1.82, 2.24) is 14.5 Å². The molecular weight excluding hydrogens is 421 g/mol. The highest BCUT2D eigenvalue weighted by Gasteiger charge is 2.42. The number of aromatic nitrogens is 3. The molecule has 8 rings (SSSR count). The number of rotatable bonds is 1. The zero-order valence-electron chi connectivity index (χ0n) is 18.0. The Bertz CT molecular complexity index is 1740. The third kappa shape index (κ3) is 2.29. The van der Waals surface area contributed by atoms with Crippen molar-refractivity contribution in [2.24, 2.45) is 0 Å². The smallest absolute Gasteiger partial charge is 0.438 e. The molecule has 0 radical (unpaired) electrons. The van der Waals surface area contributed by atoms with Crippen molar-refractivity contribution in [1.29, 1.82) is 0 Å². The Morgan fingerprint density at radius 3 is 2.09 bits per heavy atom. The molecule has 4 heterocycles. The molecule has 6 heteroatoms. The number of benzene rings is 4. The van der Waals surface area contributed by atoms with Gasteiger partial charge in [0.15, 0.2) is 0 Å². The molecule has 4 aromatic carbocycles. The molecule has 2 aromatic heterocycles. The maximum atomic E-state index is 6.47. The van der Waals surface area contributed by atoms with Crippen LogP contribution in [-0.2, 0) is 0 Å². The first-order valence-corrected chi connectivity index (χ1v) is 11.3. The molecule has 0 unspecified atom stereocenters. The van der Waals surface area contributed by atoms with Gasteiger partial charge in [-0.25, -0.2) is 4.98 Å². The minimum atomic E-state index is -0.308. The van der Waals surface area contributed by atoms with Gasteiger partial charge in [0.25, 0.3) is 0 Å². The fourth-order valence-electron chi connectivity index (χ4n) is 5.26. The van der Waals surface area contributed by atoms with Gasteiger partial charge in [0.2, 0.25) is 11.8 Å². The molecule has 0 aliphatic carbocycles. The molecule has 0 spiro atoms. The highest BCUT2D eigenvalue weighted by atomic mass is 16.5. The van der Waals surface area contributed by atoms with E-state index in [0.29, 0.717) is 11.8 Å². The fourth-order valence-corrected chi connectivity index (χ4v) is 5.26. The van der Waals surface area contributed by atoms with Crippen molar-refractivity contribution < 1.29 is 9.39 Å². The largest absolute Gasteiger partial charge is 0.551 e. The summed E-state index contributed by atoms with van der Waals surface area (Å²) in [7, 11) is 0. The Labute approximate surface area is 195 Å². The first-order valence-electron chi connectivity index (χ1n) is 11.3. The van der Waals surface area contributed by atoms with E-state index in [2.05, 4.69) is 41.0 Å². The topological polar surface area (TPSA) is 49.2 Å². The second kappa shape index (κ2) is 6.48. The van der Waals surface area contributed by atoms with E-state index in [1.807, 2.05) is 60.7 Å². The lowest BCUT2D eigenvalue weighted by Crippen LogP contribution is -2.54. The monoisotopic (exact) mass is 437 g/mol. The number of hydrogen-bond donors (Lipinski definition) is 0. The van der Waals surface area contributed by atoms with E-state index in [0.717, 1.165) is 44.7 Å². The van der Waals surface area contributed by atoms with Gasteiger partial charge in [-0.3, -0.25) is 4.57 Å². The van der Waals surface area contributed by atoms with Gasteiger partial charge in [0.05, 0.1) is 22.2 Å². The van der Waals surface area contributed by atoms with Crippen LogP contribution in [0, 0.1) is 0 Å². The van der Waals surface area contributed by atoms with Crippen molar-refractivity contribution in [3.63, 3.8) is 0 Å². The second-order valence-electron chi connectivity index (χ2n) is 8.59. The summed E-state index contributed by atoms with van der Waals surface area (Å²) < 4.78 is 15.0. The molecule has 34 heavy (non-hydrogen) atoms. The van der Waals surface area contributed by atoms with Crippen LogP contribution in [0.2, 0.25) is 0 Å². The van der Waals surface area contributed by atoms with Crippen molar-refractivity contribution >= 4 is 39.6 Å². The summed E-state index contributed by atoms with van der Waals surface area (Å²) in [5.74, 6) is 2.70. The maximum absolute atomic E-state index is 6.47. The number of hydrogen-bond acceptors (Lipinski definition) is 4. The van der Waals surface area contributed by atoms with Gasteiger partial charge < -0.3 is 9.39 Å². The highest BCUT2D eigenvalue weighted by molar-refractivity contribution is 6.84. The fraction of sp³-hybridized carbons (Fsp3) is 0. The molecule has 0 bridgehead atoms. The van der Waals surface area contributed by atoms with Crippen LogP contribution in [-0.4, -0.2) is 21.5 Å². The van der Waals surface area contributed by atoms with Crippen molar-refractivity contribution in [2.45, 2.75) is 0 Å². The van der Waals surface area contributed by atoms with Crippen LogP contribution in [0.25, 0.3) is 39.0 Å². The van der Waals surface area contributed by atoms with Crippen LogP contribution in [0.1, 0.15) is 0 Å². The van der Waals surface area contributed by atoms with E-state index >= 15 is 0 Å². The number of nitrogens with zero attached hydrogens (tertiary/aromatic N) is 3. The highest BCUT2D eigenvalue weighted by Crippen LogP contribution is 2.38. The molecule has 6 aromatic rings. The normalized spacial score (nSPS) is 13.1. The Hall–Kier alpha value is -4.58. The Kier molecular flexibility index (Phi) is 3.42. The lowest BCUT2D eigenvalue weighted by Gasteiger charge is -2.31. The summed E-state index contributed by atoms with van der Waals surface area (Å²) in [6.07, 6.45) is 0. The molecule has 2 aliphatic rings. The Morgan fingerprint density at radius 1 is 0.647 bits per heavy atom. The van der Waals surface area contributed by atoms with Crippen LogP contribution in [0.5, 0.6) is 17.4 Å². The van der Waals surface area contributed by atoms with Crippen molar-refractivity contribution in [2.75, 3.05) is 0 Å². The van der Waals surface area contributed by atoms with Crippen LogP contribution in [0.3, 0.4) is 0 Å². The van der Waals surface area contributed by atoms with E-state index in [9.17, 15) is 0 Å². The van der Waals surface area contributed by atoms with Gasteiger partial charge in [-0.15, -0.1) is 0 Å². The average molecular weight is 437 g/mol. The molecule has 0 saturated heterocycles. The van der Waals surface area contributed by atoms with E-state index < -0.39 is 0 Å². The standard InChI is InChI=1S/C28H16BN3O2/c1-5-13-21-17(9-1)18-10-2-6-14-22(18)32(21)28-30-26-19-11-3-7-15-23(19)34-29-20-12-4-8-16-24(20)33-27(31-28)25(26)29/h1-16H. The van der Waals surface area contributed by atoms with Crippen molar-refractivity contribution in [3.8, 4) is 34.6 Å². The molecule has 0 saturated carbocycles. The van der Waals surface area contributed by atoms with Gasteiger partial charge >= 0.3 is 6.92 Å². The van der Waals surface area contributed by atoms with Crippen LogP contribution in [0.4, 0.5) is 0 Å². The average Bonchev–Trinajstić information content (AvgIpc) is 3.23. The molecule has 0 fully saturated rings. The number of fused-ring (bicyclic) bond motifs is 7. The lowest BCUT2D eigenvalue weighted by atomic mass is 9.52. The van der Waals surface area contributed by atoms with Crippen LogP contribution in [0.15, 0.2) is 97.1 Å². The minimum absolute atomic E-state index is 0.308. The molecule has 0 N–H and O–H groups in total. The van der Waals surface area contributed by atoms with Gasteiger partial charge in [-0.2, -0.15) is 4.98 Å². The van der Waals surface area contributed by atoms with Gasteiger partial charge in [0.1, 0.15) is 11.5 Å². The van der Waals surface area contributed by atoms with Crippen molar-refractivity contribution in [3.05, 3.63) is 97.1 Å². The summed E-state index contributed by atoms with van der Waals surface area (Å²) >= 11 is 0. The zero-order valence-corrected chi connectivity index (χ0v) is 18.0. The van der Waals surface area contributed by atoms with Crippen LogP contribution >= 0.6 is 0 Å². The third-order valence-corrected chi connectivity index (χ3v) is 6.74. The Morgan fingerprint density at radius 2 is 1.29 bits per heavy atom. The van der Waals surface area contributed by atoms with E-state index in [1.54, 1.807) is 0 Å². The number of para-hydroxylation sites is 4. The van der Waals surface area contributed by atoms with E-state index in [1.165, 1.54) is 10.8 Å². The van der Waals surface area contributed by atoms with Gasteiger partial charge in [-0.05, 0) is 30.3 Å². The summed E-state index contributed by atoms with van der Waals surface area (Å²) in [4.78, 5) is 10.1. The van der Waals surface area contributed by atoms with Gasteiger partial charge in [-0.1, -0.05) is 66.7 Å². The summed E-state index contributed by atoms with van der Waals surface area (Å²) in [5.41, 5.74) is 5.78. The SMILES string of the molecule is c1ccc2c(c1)Oc1nc(-n3c4ccccc4c4ccccc43)nc3c1B2Oc1ccccc1-3. The predicted molar refractivity (Wildman–Crippen MR) is 134 cm³/mol. The Balaban J connectivity index is 1.48. The van der Waals surface area contributed by atoms with E-state index in [4.69, 9.17) is 19.4 Å². The summed E-state index contributed by atoms with van der Waals surface area (Å²) in [5, 5.41) is 2.34. The summed E-state index contributed by atoms with van der Waals surface area (Å²) in [6, 6.07) is 32.8. The molecule has 5 nitrogen and oxygen atoms in total. The molecule has 158 valence electrons. The molecule has 2 aliphatic heterocycles. The quantitative estimate of drug-likeness (QED) is 0.346. The molecule has 0 atom stereocenters. The maximum Gasteiger partial charge on any atom is 0.438 e. The van der Waals surface area contributed by atoms with Gasteiger partial charge in [0, 0.05) is 21.8 Å². The lowest BCUT2D eigenvalue weighted by molar-refractivity contribution is 0.458. The molecular formula is C28H16BN3O2. The zero-order chi connectivity index (χ0) is 22.2. The third-order valence-electron chi connectivity index (χ3n) is 6.74. The summed E-state index contributed by atoms with van der Waals surface area (Å²) in [6.45, 7) is -0.308.